The summed E-state index contributed by atoms with van der Waals surface area (Å²) in [5, 5.41) is 1.12. The monoisotopic (exact) mass is 642 g/mol. The van der Waals surface area contributed by atoms with E-state index in [0.29, 0.717) is 25.4 Å². The Labute approximate surface area is 279 Å². The number of rotatable bonds is 8. The molecule has 1 saturated heterocycles. The van der Waals surface area contributed by atoms with E-state index in [0.717, 1.165) is 72.4 Å². The largest absolute Gasteiger partial charge is 0.487 e. The number of pyridine rings is 1. The SMILES string of the molecule is COC(=O)c1nc2n(c1C(=O)OC)CCc1ccccc1C2=C1CCN(CCc2ccc(OCc3ccc4ccccc4n3)cc2)CC1. The molecule has 0 atom stereocenters. The number of hydrogen-bond acceptors (Lipinski definition) is 8. The van der Waals surface area contributed by atoms with Gasteiger partial charge in [-0.1, -0.05) is 66.2 Å². The first-order valence-electron chi connectivity index (χ1n) is 16.4. The van der Waals surface area contributed by atoms with Crippen molar-refractivity contribution in [3.05, 3.63) is 130 Å². The van der Waals surface area contributed by atoms with Crippen LogP contribution in [0.2, 0.25) is 0 Å². The number of aromatic nitrogens is 3. The summed E-state index contributed by atoms with van der Waals surface area (Å²) in [7, 11) is 2.61. The van der Waals surface area contributed by atoms with Gasteiger partial charge in [-0.3, -0.25) is 0 Å². The van der Waals surface area contributed by atoms with E-state index in [9.17, 15) is 9.59 Å². The molecule has 9 heteroatoms. The maximum atomic E-state index is 12.9. The summed E-state index contributed by atoms with van der Waals surface area (Å²) >= 11 is 0. The number of piperidine rings is 1. The van der Waals surface area contributed by atoms with Crippen molar-refractivity contribution < 1.29 is 23.8 Å². The van der Waals surface area contributed by atoms with Crippen LogP contribution in [0.25, 0.3) is 16.5 Å². The molecule has 2 aliphatic heterocycles. The van der Waals surface area contributed by atoms with Crippen LogP contribution in [0.1, 0.15) is 62.0 Å². The van der Waals surface area contributed by atoms with Crippen molar-refractivity contribution in [2.75, 3.05) is 33.9 Å². The maximum absolute atomic E-state index is 12.9. The van der Waals surface area contributed by atoms with Crippen molar-refractivity contribution in [2.24, 2.45) is 0 Å². The van der Waals surface area contributed by atoms with Gasteiger partial charge in [0.2, 0.25) is 0 Å². The normalized spacial score (nSPS) is 14.6. The van der Waals surface area contributed by atoms with Gasteiger partial charge in [0.25, 0.3) is 0 Å². The molecule has 48 heavy (non-hydrogen) atoms. The number of para-hydroxylation sites is 1. The Morgan fingerprint density at radius 3 is 2.31 bits per heavy atom. The van der Waals surface area contributed by atoms with E-state index in [4.69, 9.17) is 24.2 Å². The van der Waals surface area contributed by atoms with Crippen LogP contribution in [0.15, 0.2) is 90.5 Å². The smallest absolute Gasteiger partial charge is 0.359 e. The molecule has 0 radical (unpaired) electrons. The van der Waals surface area contributed by atoms with Crippen LogP contribution < -0.4 is 4.74 Å². The molecule has 1 fully saturated rings. The topological polar surface area (TPSA) is 95.8 Å². The van der Waals surface area contributed by atoms with Gasteiger partial charge in [0.1, 0.15) is 18.2 Å². The van der Waals surface area contributed by atoms with Crippen molar-refractivity contribution >= 4 is 28.4 Å². The summed E-state index contributed by atoms with van der Waals surface area (Å²) in [6.45, 7) is 3.71. The van der Waals surface area contributed by atoms with Crippen LogP contribution in [0.5, 0.6) is 5.75 Å². The second kappa shape index (κ2) is 13.8. The number of fused-ring (bicyclic) bond motifs is 3. The van der Waals surface area contributed by atoms with Gasteiger partial charge >= 0.3 is 11.9 Å². The zero-order valence-corrected chi connectivity index (χ0v) is 27.3. The highest BCUT2D eigenvalue weighted by Gasteiger charge is 2.33. The van der Waals surface area contributed by atoms with Crippen LogP contribution in [-0.2, 0) is 35.5 Å². The Hall–Kier alpha value is -5.28. The number of ether oxygens (including phenoxy) is 3. The molecule has 0 unspecified atom stereocenters. The number of carbonyl (C=O) groups is 2. The fourth-order valence-electron chi connectivity index (χ4n) is 6.77. The number of aryl methyl sites for hydroxylation is 1. The van der Waals surface area contributed by atoms with Crippen LogP contribution in [0.4, 0.5) is 0 Å². The Balaban J connectivity index is 1.03. The number of benzene rings is 3. The zero-order chi connectivity index (χ0) is 33.0. The first-order chi connectivity index (χ1) is 23.5. The van der Waals surface area contributed by atoms with Crippen molar-refractivity contribution in [1.82, 2.24) is 19.4 Å². The molecule has 0 saturated carbocycles. The quantitative estimate of drug-likeness (QED) is 0.183. The predicted molar refractivity (Wildman–Crippen MR) is 183 cm³/mol. The fourth-order valence-corrected chi connectivity index (χ4v) is 6.77. The Bertz CT molecular complexity index is 2000. The number of imidazole rings is 1. The summed E-state index contributed by atoms with van der Waals surface area (Å²) in [6, 6.07) is 28.9. The van der Waals surface area contributed by atoms with Gasteiger partial charge in [0, 0.05) is 37.1 Å². The molecule has 5 aromatic rings. The van der Waals surface area contributed by atoms with Crippen LogP contribution in [0.3, 0.4) is 0 Å². The van der Waals surface area contributed by atoms with Gasteiger partial charge in [-0.05, 0) is 66.6 Å². The van der Waals surface area contributed by atoms with Gasteiger partial charge in [0.15, 0.2) is 11.4 Å². The average Bonchev–Trinajstić information content (AvgIpc) is 3.43. The molecule has 0 spiro atoms. The predicted octanol–water partition coefficient (Wildman–Crippen LogP) is 6.28. The second-order valence-corrected chi connectivity index (χ2v) is 12.2. The number of esters is 2. The number of nitrogens with zero attached hydrogens (tertiary/aromatic N) is 4. The Morgan fingerprint density at radius 2 is 1.52 bits per heavy atom. The maximum Gasteiger partial charge on any atom is 0.359 e. The number of likely N-dealkylation sites (tertiary alicyclic amines) is 1. The minimum atomic E-state index is -0.648. The van der Waals surface area contributed by atoms with E-state index in [-0.39, 0.29) is 11.4 Å². The molecule has 0 N–H and O–H groups in total. The molecule has 0 aliphatic carbocycles. The van der Waals surface area contributed by atoms with E-state index in [1.54, 1.807) is 0 Å². The third-order valence-electron chi connectivity index (χ3n) is 9.34. The number of carbonyl (C=O) groups excluding carboxylic acids is 2. The van der Waals surface area contributed by atoms with Crippen molar-refractivity contribution in [2.45, 2.75) is 38.8 Å². The molecule has 3 aromatic carbocycles. The van der Waals surface area contributed by atoms with Gasteiger partial charge in [0.05, 0.1) is 25.4 Å². The lowest BCUT2D eigenvalue weighted by Gasteiger charge is -2.30. The summed E-state index contributed by atoms with van der Waals surface area (Å²) < 4.78 is 18.0. The summed E-state index contributed by atoms with van der Waals surface area (Å²) in [5.74, 6) is 0.212. The highest BCUT2D eigenvalue weighted by molar-refractivity contribution is 6.02. The lowest BCUT2D eigenvalue weighted by molar-refractivity contribution is 0.0543. The molecule has 7 rings (SSSR count). The second-order valence-electron chi connectivity index (χ2n) is 12.2. The first kappa shape index (κ1) is 31.3. The molecule has 9 nitrogen and oxygen atoms in total. The lowest BCUT2D eigenvalue weighted by atomic mass is 9.90. The van der Waals surface area contributed by atoms with Crippen molar-refractivity contribution in [1.29, 1.82) is 0 Å². The van der Waals surface area contributed by atoms with E-state index in [1.807, 2.05) is 53.1 Å². The molecule has 2 aliphatic rings. The van der Waals surface area contributed by atoms with Gasteiger partial charge in [-0.2, -0.15) is 0 Å². The van der Waals surface area contributed by atoms with Crippen LogP contribution in [-0.4, -0.2) is 65.2 Å². The standard InChI is InChI=1S/C39H38N4O5/c1-46-38(44)35-36(39(45)47-2)43-24-20-27-7-3-5-9-32(27)34(37(43)41-35)29-18-22-42(23-19-29)21-17-26-11-15-31(16-12-26)48-25-30-14-13-28-8-4-6-10-33(28)40-30/h3-16H,17-25H2,1-2H3. The third-order valence-corrected chi connectivity index (χ3v) is 9.34. The lowest BCUT2D eigenvalue weighted by Crippen LogP contribution is -2.33. The number of hydrogen-bond donors (Lipinski definition) is 0. The highest BCUT2D eigenvalue weighted by atomic mass is 16.5. The van der Waals surface area contributed by atoms with E-state index >= 15 is 0 Å². The Kier molecular flexibility index (Phi) is 9.03. The molecule has 4 heterocycles. The third kappa shape index (κ3) is 6.33. The molecular weight excluding hydrogens is 604 g/mol. The van der Waals surface area contributed by atoms with Gasteiger partial charge < -0.3 is 23.7 Å². The zero-order valence-electron chi connectivity index (χ0n) is 27.3. The fraction of sp³-hybridized carbons (Fsp3) is 0.282. The summed E-state index contributed by atoms with van der Waals surface area (Å²) in [5.41, 5.74) is 7.88. The highest BCUT2D eigenvalue weighted by Crippen LogP contribution is 2.37. The minimum Gasteiger partial charge on any atom is -0.487 e. The summed E-state index contributed by atoms with van der Waals surface area (Å²) in [4.78, 5) is 37.6. The van der Waals surface area contributed by atoms with E-state index in [1.165, 1.54) is 30.9 Å². The number of methoxy groups -OCH3 is 2. The minimum absolute atomic E-state index is 0.00367. The van der Waals surface area contributed by atoms with Crippen molar-refractivity contribution in [3.63, 3.8) is 0 Å². The first-order valence-corrected chi connectivity index (χ1v) is 16.4. The molecule has 0 amide bonds. The molecule has 0 bridgehead atoms. The van der Waals surface area contributed by atoms with Crippen LogP contribution >= 0.6 is 0 Å². The van der Waals surface area contributed by atoms with E-state index < -0.39 is 11.9 Å². The van der Waals surface area contributed by atoms with Gasteiger partial charge in [-0.25, -0.2) is 19.6 Å². The summed E-state index contributed by atoms with van der Waals surface area (Å²) in [6.07, 6.45) is 3.38. The van der Waals surface area contributed by atoms with Crippen LogP contribution in [0, 0.1) is 0 Å². The average molecular weight is 643 g/mol. The van der Waals surface area contributed by atoms with Crippen molar-refractivity contribution in [3.8, 4) is 5.75 Å². The molecule has 244 valence electrons. The Morgan fingerprint density at radius 1 is 0.771 bits per heavy atom. The van der Waals surface area contributed by atoms with Gasteiger partial charge in [-0.15, -0.1) is 0 Å². The molecule has 2 aromatic heterocycles. The van der Waals surface area contributed by atoms with E-state index in [2.05, 4.69) is 41.3 Å². The molecular formula is C39H38N4O5.